The van der Waals surface area contributed by atoms with E-state index in [9.17, 15) is 8.42 Å². The Kier molecular flexibility index (Phi) is 7.58. The second-order valence-corrected chi connectivity index (χ2v) is 7.47. The van der Waals surface area contributed by atoms with Crippen molar-refractivity contribution in [3.63, 3.8) is 0 Å². The van der Waals surface area contributed by atoms with Gasteiger partial charge in [0.15, 0.2) is 9.84 Å². The molecule has 0 bridgehead atoms. The highest BCUT2D eigenvalue weighted by molar-refractivity contribution is 7.91. The zero-order chi connectivity index (χ0) is 14.0. The van der Waals surface area contributed by atoms with E-state index in [0.29, 0.717) is 17.5 Å². The van der Waals surface area contributed by atoms with Crippen molar-refractivity contribution in [3.05, 3.63) is 30.3 Å². The predicted molar refractivity (Wildman–Crippen MR) is 91.0 cm³/mol. The maximum absolute atomic E-state index is 12.2. The molecule has 2 saturated heterocycles. The van der Waals surface area contributed by atoms with Gasteiger partial charge in [0.25, 0.3) is 0 Å². The van der Waals surface area contributed by atoms with Crippen molar-refractivity contribution in [2.24, 2.45) is 0 Å². The van der Waals surface area contributed by atoms with E-state index in [4.69, 9.17) is 4.74 Å². The second kappa shape index (κ2) is 8.47. The molecule has 0 spiro atoms. The van der Waals surface area contributed by atoms with Crippen molar-refractivity contribution >= 4 is 34.7 Å². The van der Waals surface area contributed by atoms with E-state index in [1.165, 1.54) is 0 Å². The number of hydrogen-bond acceptors (Lipinski definition) is 5. The first-order chi connectivity index (χ1) is 9.65. The summed E-state index contributed by atoms with van der Waals surface area (Å²) in [7, 11) is -3.18. The van der Waals surface area contributed by atoms with Crippen molar-refractivity contribution < 1.29 is 13.2 Å². The van der Waals surface area contributed by atoms with Crippen LogP contribution in [0.2, 0.25) is 0 Å². The Balaban J connectivity index is 0.00000121. The summed E-state index contributed by atoms with van der Waals surface area (Å²) in [5, 5.41) is 3.42. The number of nitrogens with one attached hydrogen (secondary N) is 1. The SMILES string of the molecule is Cl.Cl.O=S(=O)(CCN1C[C@@H]2NCCO[C@H]2C1)c1ccccc1. The van der Waals surface area contributed by atoms with Crippen molar-refractivity contribution in [2.45, 2.75) is 17.0 Å². The number of hydrogen-bond donors (Lipinski definition) is 1. The smallest absolute Gasteiger partial charge is 0.179 e. The van der Waals surface area contributed by atoms with Gasteiger partial charge in [-0.05, 0) is 12.1 Å². The first kappa shape index (κ1) is 19.7. The molecule has 2 aliphatic rings. The molecule has 3 rings (SSSR count). The molecular weight excluding hydrogens is 347 g/mol. The van der Waals surface area contributed by atoms with Crippen LogP contribution in [0.5, 0.6) is 0 Å². The number of morpholine rings is 1. The quantitative estimate of drug-likeness (QED) is 0.858. The number of ether oxygens (including phenoxy) is 1. The Hall–Kier alpha value is -0.370. The molecule has 2 fully saturated rings. The normalized spacial score (nSPS) is 24.9. The molecule has 0 radical (unpaired) electrons. The van der Waals surface area contributed by atoms with E-state index in [1.807, 2.05) is 6.07 Å². The molecule has 22 heavy (non-hydrogen) atoms. The molecular formula is C14H22Cl2N2O3S. The third kappa shape index (κ3) is 4.57. The molecule has 2 heterocycles. The second-order valence-electron chi connectivity index (χ2n) is 5.36. The summed E-state index contributed by atoms with van der Waals surface area (Å²) in [6.07, 6.45) is 0.211. The lowest BCUT2D eigenvalue weighted by molar-refractivity contribution is 0.0179. The van der Waals surface area contributed by atoms with E-state index in [0.717, 1.165) is 26.2 Å². The molecule has 2 aliphatic heterocycles. The molecule has 2 atom stereocenters. The molecule has 0 aromatic heterocycles. The van der Waals surface area contributed by atoms with Crippen LogP contribution in [0, 0.1) is 0 Å². The highest BCUT2D eigenvalue weighted by Gasteiger charge is 2.35. The summed E-state index contributed by atoms with van der Waals surface area (Å²) in [6.45, 7) is 3.89. The molecule has 0 saturated carbocycles. The fraction of sp³-hybridized carbons (Fsp3) is 0.571. The van der Waals surface area contributed by atoms with Crippen LogP contribution in [0.4, 0.5) is 0 Å². The summed E-state index contributed by atoms with van der Waals surface area (Å²) < 4.78 is 30.2. The highest BCUT2D eigenvalue weighted by Crippen LogP contribution is 2.17. The van der Waals surface area contributed by atoms with Crippen LogP contribution < -0.4 is 5.32 Å². The third-order valence-electron chi connectivity index (χ3n) is 3.96. The zero-order valence-electron chi connectivity index (χ0n) is 12.2. The number of rotatable bonds is 4. The standard InChI is InChI=1S/C14H20N2O3S.2ClH/c17-20(18,12-4-2-1-3-5-12)9-7-16-10-13-14(11-16)19-8-6-15-13;;/h1-5,13-15H,6-11H2;2*1H/t13-,14-;;/m0../s1. The van der Waals surface area contributed by atoms with Gasteiger partial charge in [0, 0.05) is 32.2 Å². The summed E-state index contributed by atoms with van der Waals surface area (Å²) in [6, 6.07) is 9.01. The Labute approximate surface area is 144 Å². The lowest BCUT2D eigenvalue weighted by atomic mass is 10.2. The van der Waals surface area contributed by atoms with Crippen molar-refractivity contribution in [1.82, 2.24) is 10.2 Å². The molecule has 126 valence electrons. The van der Waals surface area contributed by atoms with Gasteiger partial charge in [-0.25, -0.2) is 8.42 Å². The summed E-state index contributed by atoms with van der Waals surface area (Å²) in [4.78, 5) is 2.58. The van der Waals surface area contributed by atoms with Crippen LogP contribution in [0.3, 0.4) is 0 Å². The number of fused-ring (bicyclic) bond motifs is 1. The number of benzene rings is 1. The lowest BCUT2D eigenvalue weighted by Crippen LogP contribution is -2.47. The lowest BCUT2D eigenvalue weighted by Gasteiger charge is -2.25. The molecule has 0 amide bonds. The largest absolute Gasteiger partial charge is 0.374 e. The van der Waals surface area contributed by atoms with Crippen LogP contribution >= 0.6 is 24.8 Å². The minimum absolute atomic E-state index is 0. The Morgan fingerprint density at radius 3 is 2.59 bits per heavy atom. The maximum atomic E-state index is 12.2. The maximum Gasteiger partial charge on any atom is 0.179 e. The molecule has 5 nitrogen and oxygen atoms in total. The van der Waals surface area contributed by atoms with Gasteiger partial charge in [0.2, 0.25) is 0 Å². The van der Waals surface area contributed by atoms with Crippen LogP contribution in [-0.4, -0.2) is 64.0 Å². The van der Waals surface area contributed by atoms with Gasteiger partial charge >= 0.3 is 0 Å². The van der Waals surface area contributed by atoms with Crippen LogP contribution in [0.25, 0.3) is 0 Å². The van der Waals surface area contributed by atoms with E-state index in [2.05, 4.69) is 10.2 Å². The molecule has 0 aliphatic carbocycles. The van der Waals surface area contributed by atoms with Crippen LogP contribution in [0.15, 0.2) is 35.2 Å². The number of halogens is 2. The van der Waals surface area contributed by atoms with Gasteiger partial charge < -0.3 is 10.1 Å². The molecule has 8 heteroatoms. The van der Waals surface area contributed by atoms with Crippen molar-refractivity contribution in [1.29, 1.82) is 0 Å². The van der Waals surface area contributed by atoms with Gasteiger partial charge in [-0.1, -0.05) is 18.2 Å². The van der Waals surface area contributed by atoms with E-state index >= 15 is 0 Å². The summed E-state index contributed by atoms with van der Waals surface area (Å²) in [5.41, 5.74) is 0. The van der Waals surface area contributed by atoms with Gasteiger partial charge in [0.1, 0.15) is 0 Å². The fourth-order valence-electron chi connectivity index (χ4n) is 2.85. The van der Waals surface area contributed by atoms with Crippen LogP contribution in [-0.2, 0) is 14.6 Å². The molecule has 1 aromatic carbocycles. The van der Waals surface area contributed by atoms with Gasteiger partial charge in [-0.2, -0.15) is 0 Å². The first-order valence-electron chi connectivity index (χ1n) is 7.00. The first-order valence-corrected chi connectivity index (χ1v) is 8.65. The van der Waals surface area contributed by atoms with Gasteiger partial charge in [0.05, 0.1) is 23.4 Å². The van der Waals surface area contributed by atoms with Gasteiger partial charge in [-0.15, -0.1) is 24.8 Å². The Morgan fingerprint density at radius 1 is 1.18 bits per heavy atom. The van der Waals surface area contributed by atoms with E-state index < -0.39 is 9.84 Å². The Bertz CT molecular complexity index is 542. The van der Waals surface area contributed by atoms with E-state index in [1.54, 1.807) is 24.3 Å². The molecule has 1 aromatic rings. The molecule has 1 N–H and O–H groups in total. The fourth-order valence-corrected chi connectivity index (χ4v) is 4.16. The Morgan fingerprint density at radius 2 is 1.91 bits per heavy atom. The highest BCUT2D eigenvalue weighted by atomic mass is 35.5. The average molecular weight is 369 g/mol. The summed E-state index contributed by atoms with van der Waals surface area (Å²) >= 11 is 0. The monoisotopic (exact) mass is 368 g/mol. The van der Waals surface area contributed by atoms with Crippen LogP contribution in [0.1, 0.15) is 0 Å². The summed E-state index contributed by atoms with van der Waals surface area (Å²) in [5.74, 6) is 0.163. The topological polar surface area (TPSA) is 58.6 Å². The predicted octanol–water partition coefficient (Wildman–Crippen LogP) is 0.976. The van der Waals surface area contributed by atoms with Gasteiger partial charge in [-0.3, -0.25) is 4.90 Å². The number of sulfone groups is 1. The number of likely N-dealkylation sites (tertiary alicyclic amines) is 1. The van der Waals surface area contributed by atoms with E-state index in [-0.39, 0.29) is 36.7 Å². The minimum atomic E-state index is -3.18. The minimum Gasteiger partial charge on any atom is -0.374 e. The number of nitrogens with zero attached hydrogens (tertiary/aromatic N) is 1. The zero-order valence-corrected chi connectivity index (χ0v) is 14.6. The molecule has 0 unspecified atom stereocenters. The van der Waals surface area contributed by atoms with Crippen molar-refractivity contribution in [3.8, 4) is 0 Å². The average Bonchev–Trinajstić information content (AvgIpc) is 2.89. The third-order valence-corrected chi connectivity index (χ3v) is 5.67. The van der Waals surface area contributed by atoms with Crippen molar-refractivity contribution in [2.75, 3.05) is 38.5 Å².